The highest BCUT2D eigenvalue weighted by atomic mass is 32.2. The highest BCUT2D eigenvalue weighted by Crippen LogP contribution is 2.37. The number of nitrogens with two attached hydrogens (primary N) is 1. The summed E-state index contributed by atoms with van der Waals surface area (Å²) in [5.41, 5.74) is 8.07. The smallest absolute Gasteiger partial charge is 0.307 e. The molecule has 7 nitrogen and oxygen atoms in total. The van der Waals surface area contributed by atoms with Gasteiger partial charge in [-0.2, -0.15) is 0 Å². The predicted molar refractivity (Wildman–Crippen MR) is 123 cm³/mol. The molecule has 2 aromatic heterocycles. The molecule has 2 aromatic carbocycles. The molecule has 0 amide bonds. The number of benzene rings is 2. The fraction of sp³-hybridized carbons (Fsp3) is 0.120. The molecule has 8 heteroatoms. The number of furan rings is 1. The van der Waals surface area contributed by atoms with E-state index in [2.05, 4.69) is 4.98 Å². The molecule has 1 atom stereocenters. The molecule has 0 fully saturated rings. The highest BCUT2D eigenvalue weighted by Gasteiger charge is 2.45. The maximum Gasteiger partial charge on any atom is 0.307 e. The van der Waals surface area contributed by atoms with E-state index in [0.717, 1.165) is 5.56 Å². The van der Waals surface area contributed by atoms with Gasteiger partial charge in [-0.15, -0.1) is 0 Å². The van der Waals surface area contributed by atoms with Crippen LogP contribution in [0.15, 0.2) is 101 Å². The number of rotatable bonds is 8. The summed E-state index contributed by atoms with van der Waals surface area (Å²) in [5.74, 6) is -0.160. The van der Waals surface area contributed by atoms with Crippen LogP contribution in [0.25, 0.3) is 11.3 Å². The minimum atomic E-state index is -4.20. The summed E-state index contributed by atoms with van der Waals surface area (Å²) in [5, 5.41) is 9.38. The fourth-order valence-electron chi connectivity index (χ4n) is 3.79. The van der Waals surface area contributed by atoms with Gasteiger partial charge in [-0.05, 0) is 35.4 Å². The normalized spacial score (nSPS) is 13.4. The lowest BCUT2D eigenvalue weighted by Crippen LogP contribution is -2.47. The Morgan fingerprint density at radius 2 is 1.70 bits per heavy atom. The van der Waals surface area contributed by atoms with Crippen LogP contribution < -0.4 is 5.73 Å². The molecule has 0 saturated heterocycles. The number of carboxylic acid groups (broad SMARTS) is 1. The molecule has 0 saturated carbocycles. The Bertz CT molecular complexity index is 1370. The molecular weight excluding hydrogens is 440 g/mol. The number of aromatic nitrogens is 1. The third-order valence-corrected chi connectivity index (χ3v) is 7.58. The Labute approximate surface area is 191 Å². The third-order valence-electron chi connectivity index (χ3n) is 5.40. The summed E-state index contributed by atoms with van der Waals surface area (Å²) in [6.07, 6.45) is 2.13. The van der Waals surface area contributed by atoms with Crippen LogP contribution in [0.3, 0.4) is 0 Å². The van der Waals surface area contributed by atoms with Crippen LogP contribution in [0.1, 0.15) is 16.9 Å². The van der Waals surface area contributed by atoms with Crippen LogP contribution in [0.5, 0.6) is 0 Å². The van der Waals surface area contributed by atoms with Crippen LogP contribution in [-0.2, 0) is 32.3 Å². The maximum absolute atomic E-state index is 13.8. The molecule has 0 bridgehead atoms. The molecule has 4 aromatic rings. The number of pyridine rings is 1. The number of aliphatic carboxylic acids is 1. The standard InChI is InChI=1S/C25H22N2O5S/c26-25(33(30,31)21-10-6-14-27-17-21,22-11-5-4-9-19(22)15-24(28)29)16-20-12-13-23(32-20)18-7-2-1-3-8-18/h1-14,17H,15-16,26H2,(H,28,29). The summed E-state index contributed by atoms with van der Waals surface area (Å²) in [6, 6.07) is 22.2. The van der Waals surface area contributed by atoms with Crippen LogP contribution in [0, 0.1) is 0 Å². The van der Waals surface area contributed by atoms with Crippen LogP contribution in [-0.4, -0.2) is 24.5 Å². The molecule has 3 N–H and O–H groups in total. The van der Waals surface area contributed by atoms with Crippen molar-refractivity contribution in [1.82, 2.24) is 4.98 Å². The first-order chi connectivity index (χ1) is 15.8. The van der Waals surface area contributed by atoms with Gasteiger partial charge >= 0.3 is 5.97 Å². The van der Waals surface area contributed by atoms with Gasteiger partial charge in [0, 0.05) is 24.4 Å². The summed E-state index contributed by atoms with van der Waals surface area (Å²) in [6.45, 7) is 0. The first-order valence-corrected chi connectivity index (χ1v) is 11.7. The minimum absolute atomic E-state index is 0.0625. The largest absolute Gasteiger partial charge is 0.481 e. The number of carbonyl (C=O) groups is 1. The van der Waals surface area contributed by atoms with Gasteiger partial charge in [-0.25, -0.2) is 8.42 Å². The summed E-state index contributed by atoms with van der Waals surface area (Å²) >= 11 is 0. The molecule has 0 aliphatic heterocycles. The summed E-state index contributed by atoms with van der Waals surface area (Å²) in [7, 11) is -4.20. The lowest BCUT2D eigenvalue weighted by molar-refractivity contribution is -0.136. The van der Waals surface area contributed by atoms with Gasteiger partial charge in [-0.1, -0.05) is 54.6 Å². The van der Waals surface area contributed by atoms with E-state index in [4.69, 9.17) is 10.2 Å². The molecule has 168 valence electrons. The van der Waals surface area contributed by atoms with E-state index in [1.54, 1.807) is 36.4 Å². The lowest BCUT2D eigenvalue weighted by Gasteiger charge is -2.31. The molecule has 0 radical (unpaired) electrons. The number of nitrogens with zero attached hydrogens (tertiary/aromatic N) is 1. The third kappa shape index (κ3) is 4.44. The Hall–Kier alpha value is -3.75. The fourth-order valence-corrected chi connectivity index (χ4v) is 5.49. The van der Waals surface area contributed by atoms with Gasteiger partial charge < -0.3 is 15.3 Å². The Kier molecular flexibility index (Phi) is 6.13. The van der Waals surface area contributed by atoms with Crippen molar-refractivity contribution in [3.63, 3.8) is 0 Å². The second-order valence-electron chi connectivity index (χ2n) is 7.62. The molecule has 1 unspecified atom stereocenters. The Morgan fingerprint density at radius 1 is 0.970 bits per heavy atom. The van der Waals surface area contributed by atoms with E-state index >= 15 is 0 Å². The molecule has 0 aliphatic carbocycles. The van der Waals surface area contributed by atoms with Crippen molar-refractivity contribution in [2.45, 2.75) is 22.6 Å². The number of carboxylic acids is 1. The van der Waals surface area contributed by atoms with Crippen molar-refractivity contribution < 1.29 is 22.7 Å². The first-order valence-electron chi connectivity index (χ1n) is 10.2. The monoisotopic (exact) mass is 462 g/mol. The molecular formula is C25H22N2O5S. The van der Waals surface area contributed by atoms with Gasteiger partial charge in [-0.3, -0.25) is 9.78 Å². The van der Waals surface area contributed by atoms with Gasteiger partial charge in [0.2, 0.25) is 9.84 Å². The van der Waals surface area contributed by atoms with Gasteiger partial charge in [0.05, 0.1) is 11.3 Å². The predicted octanol–water partition coefficient (Wildman–Crippen LogP) is 3.80. The SMILES string of the molecule is NC(Cc1ccc(-c2ccccc2)o1)(c1ccccc1CC(=O)O)S(=O)(=O)c1cccnc1. The topological polar surface area (TPSA) is 123 Å². The first kappa shape index (κ1) is 22.4. The van der Waals surface area contributed by atoms with E-state index in [1.807, 2.05) is 30.3 Å². The molecule has 33 heavy (non-hydrogen) atoms. The molecule has 4 rings (SSSR count). The molecule has 0 aliphatic rings. The van der Waals surface area contributed by atoms with Crippen LogP contribution in [0.4, 0.5) is 0 Å². The van der Waals surface area contributed by atoms with Crippen molar-refractivity contribution in [3.05, 3.63) is 108 Å². The second-order valence-corrected chi connectivity index (χ2v) is 9.82. The van der Waals surface area contributed by atoms with Gasteiger partial charge in [0.1, 0.15) is 11.5 Å². The quantitative estimate of drug-likeness (QED) is 0.408. The number of hydrogen-bond donors (Lipinski definition) is 2. The van der Waals surface area contributed by atoms with Crippen LogP contribution >= 0.6 is 0 Å². The zero-order chi connectivity index (χ0) is 23.5. The van der Waals surface area contributed by atoms with Crippen molar-refractivity contribution in [1.29, 1.82) is 0 Å². The summed E-state index contributed by atoms with van der Waals surface area (Å²) < 4.78 is 33.6. The zero-order valence-electron chi connectivity index (χ0n) is 17.6. The Morgan fingerprint density at radius 3 is 2.39 bits per heavy atom. The van der Waals surface area contributed by atoms with Crippen molar-refractivity contribution in [2.75, 3.05) is 0 Å². The average molecular weight is 463 g/mol. The van der Waals surface area contributed by atoms with E-state index in [9.17, 15) is 18.3 Å². The minimum Gasteiger partial charge on any atom is -0.481 e. The molecule has 2 heterocycles. The average Bonchev–Trinajstić information content (AvgIpc) is 3.28. The number of hydrogen-bond acceptors (Lipinski definition) is 6. The summed E-state index contributed by atoms with van der Waals surface area (Å²) in [4.78, 5) is 13.3. The van der Waals surface area contributed by atoms with E-state index in [1.165, 1.54) is 24.5 Å². The molecule has 0 spiro atoms. The highest BCUT2D eigenvalue weighted by molar-refractivity contribution is 7.92. The Balaban J connectivity index is 1.85. The van der Waals surface area contributed by atoms with Crippen molar-refractivity contribution in [3.8, 4) is 11.3 Å². The number of sulfone groups is 1. The van der Waals surface area contributed by atoms with Gasteiger partial charge in [0.15, 0.2) is 4.87 Å². The van der Waals surface area contributed by atoms with Gasteiger partial charge in [0.25, 0.3) is 0 Å². The van der Waals surface area contributed by atoms with Crippen molar-refractivity contribution >= 4 is 15.8 Å². The van der Waals surface area contributed by atoms with E-state index in [-0.39, 0.29) is 23.3 Å². The second kappa shape index (κ2) is 9.01. The maximum atomic E-state index is 13.8. The van der Waals surface area contributed by atoms with Crippen molar-refractivity contribution in [2.24, 2.45) is 5.73 Å². The van der Waals surface area contributed by atoms with E-state index in [0.29, 0.717) is 17.1 Å². The van der Waals surface area contributed by atoms with E-state index < -0.39 is 20.7 Å². The zero-order valence-corrected chi connectivity index (χ0v) is 18.4. The van der Waals surface area contributed by atoms with Crippen LogP contribution in [0.2, 0.25) is 0 Å². The lowest BCUT2D eigenvalue weighted by atomic mass is 9.95.